The summed E-state index contributed by atoms with van der Waals surface area (Å²) < 4.78 is 11.6. The Hall–Kier alpha value is -4.24. The van der Waals surface area contributed by atoms with Crippen molar-refractivity contribution >= 4 is 17.7 Å². The van der Waals surface area contributed by atoms with Crippen LogP contribution in [0.1, 0.15) is 44.7 Å². The fourth-order valence-corrected chi connectivity index (χ4v) is 5.29. The van der Waals surface area contributed by atoms with Crippen LogP contribution in [-0.2, 0) is 16.1 Å². The zero-order chi connectivity index (χ0) is 27.4. The van der Waals surface area contributed by atoms with Crippen LogP contribution in [0.2, 0.25) is 0 Å². The number of nitrogens with zero attached hydrogens (tertiary/aromatic N) is 3. The first-order chi connectivity index (χ1) is 18.9. The highest BCUT2D eigenvalue weighted by Crippen LogP contribution is 2.39. The molecular weight excluding hydrogens is 496 g/mol. The Kier molecular flexibility index (Phi) is 7.60. The molecule has 2 aliphatic heterocycles. The molecular formula is C30H32N4O5. The highest BCUT2D eigenvalue weighted by Gasteiger charge is 2.54. The van der Waals surface area contributed by atoms with Gasteiger partial charge in [-0.15, -0.1) is 0 Å². The third kappa shape index (κ3) is 5.49. The molecule has 0 bridgehead atoms. The molecule has 2 fully saturated rings. The molecule has 0 radical (unpaired) electrons. The molecule has 3 heterocycles. The lowest BCUT2D eigenvalue weighted by Crippen LogP contribution is -2.59. The predicted octanol–water partition coefficient (Wildman–Crippen LogP) is 3.19. The van der Waals surface area contributed by atoms with E-state index in [0.717, 1.165) is 11.1 Å². The van der Waals surface area contributed by atoms with E-state index in [4.69, 9.17) is 9.47 Å². The maximum Gasteiger partial charge on any atom is 0.256 e. The van der Waals surface area contributed by atoms with E-state index in [2.05, 4.69) is 10.3 Å². The molecule has 3 aromatic rings. The van der Waals surface area contributed by atoms with Crippen LogP contribution in [0.3, 0.4) is 0 Å². The van der Waals surface area contributed by atoms with Gasteiger partial charge in [0.05, 0.1) is 13.7 Å². The minimum Gasteiger partial charge on any atom is -0.497 e. The van der Waals surface area contributed by atoms with Gasteiger partial charge in [0.25, 0.3) is 11.8 Å². The van der Waals surface area contributed by atoms with Crippen molar-refractivity contribution in [2.24, 2.45) is 0 Å². The second kappa shape index (κ2) is 11.2. The van der Waals surface area contributed by atoms with Crippen molar-refractivity contribution < 1.29 is 23.9 Å². The number of ether oxygens (including phenoxy) is 2. The lowest BCUT2D eigenvalue weighted by Gasteiger charge is -2.44. The van der Waals surface area contributed by atoms with Gasteiger partial charge in [-0.05, 0) is 55.0 Å². The van der Waals surface area contributed by atoms with Crippen LogP contribution in [0, 0.1) is 6.92 Å². The van der Waals surface area contributed by atoms with E-state index in [1.54, 1.807) is 59.6 Å². The molecule has 39 heavy (non-hydrogen) atoms. The van der Waals surface area contributed by atoms with E-state index in [1.165, 1.54) is 0 Å². The second-order valence-electron chi connectivity index (χ2n) is 9.92. The molecule has 2 saturated heterocycles. The summed E-state index contributed by atoms with van der Waals surface area (Å²) in [5.74, 6) is -0.0265. The number of aromatic nitrogens is 1. The zero-order valence-electron chi connectivity index (χ0n) is 22.1. The van der Waals surface area contributed by atoms with Crippen molar-refractivity contribution in [3.05, 3.63) is 95.3 Å². The van der Waals surface area contributed by atoms with Crippen LogP contribution >= 0.6 is 0 Å². The van der Waals surface area contributed by atoms with Crippen molar-refractivity contribution in [2.75, 3.05) is 26.8 Å². The molecule has 0 aliphatic carbocycles. The van der Waals surface area contributed by atoms with Crippen LogP contribution < -0.4 is 10.1 Å². The summed E-state index contributed by atoms with van der Waals surface area (Å²) in [6, 6.07) is 17.3. The third-order valence-corrected chi connectivity index (χ3v) is 7.41. The Labute approximate surface area is 227 Å². The van der Waals surface area contributed by atoms with Gasteiger partial charge in [-0.25, -0.2) is 0 Å². The number of pyridine rings is 1. The smallest absolute Gasteiger partial charge is 0.256 e. The number of methoxy groups -OCH3 is 1. The van der Waals surface area contributed by atoms with Crippen LogP contribution in [0.4, 0.5) is 0 Å². The molecule has 1 atom stereocenters. The Morgan fingerprint density at radius 2 is 1.69 bits per heavy atom. The van der Waals surface area contributed by atoms with E-state index in [0.29, 0.717) is 49.4 Å². The number of nitrogens with one attached hydrogen (secondary N) is 1. The summed E-state index contributed by atoms with van der Waals surface area (Å²) in [7, 11) is 1.56. The van der Waals surface area contributed by atoms with Crippen LogP contribution in [0.25, 0.3) is 0 Å². The molecule has 1 spiro atoms. The van der Waals surface area contributed by atoms with E-state index >= 15 is 0 Å². The molecule has 2 aliphatic rings. The molecule has 3 amide bonds. The van der Waals surface area contributed by atoms with Crippen molar-refractivity contribution in [3.63, 3.8) is 0 Å². The van der Waals surface area contributed by atoms with Crippen molar-refractivity contribution in [3.8, 4) is 5.75 Å². The predicted molar refractivity (Wildman–Crippen MR) is 144 cm³/mol. The van der Waals surface area contributed by atoms with Gasteiger partial charge in [0, 0.05) is 56.0 Å². The Morgan fingerprint density at radius 1 is 1.00 bits per heavy atom. The van der Waals surface area contributed by atoms with Gasteiger partial charge in [-0.3, -0.25) is 24.3 Å². The highest BCUT2D eigenvalue weighted by atomic mass is 16.5. The molecule has 2 aromatic carbocycles. The number of benzene rings is 2. The van der Waals surface area contributed by atoms with Gasteiger partial charge in [-0.1, -0.05) is 23.8 Å². The Morgan fingerprint density at radius 3 is 2.38 bits per heavy atom. The number of amides is 3. The molecule has 1 aromatic heterocycles. The normalized spacial score (nSPS) is 18.2. The maximum atomic E-state index is 13.9. The standard InChI is InChI=1S/C30H32N4O5/c1-21-5-3-6-23(17-21)29(37)34-26(27(35)32-19-22-9-13-31-14-10-22)20-39-30(34)11-15-33(16-12-30)28(36)24-7-4-8-25(18-24)38-2/h3-10,13-14,17-18,26H,11-12,15-16,19-20H2,1-2H3,(H,32,35)/t26-/m0/s1. The minimum absolute atomic E-state index is 0.0869. The van der Waals surface area contributed by atoms with Crippen LogP contribution in [0.5, 0.6) is 5.75 Å². The zero-order valence-corrected chi connectivity index (χ0v) is 22.1. The van der Waals surface area contributed by atoms with E-state index < -0.39 is 11.8 Å². The van der Waals surface area contributed by atoms with Gasteiger partial charge >= 0.3 is 0 Å². The van der Waals surface area contributed by atoms with E-state index in [9.17, 15) is 14.4 Å². The average molecular weight is 529 g/mol. The summed E-state index contributed by atoms with van der Waals surface area (Å²) in [6.07, 6.45) is 4.13. The van der Waals surface area contributed by atoms with Gasteiger partial charge in [0.1, 0.15) is 17.5 Å². The molecule has 9 nitrogen and oxygen atoms in total. The topological polar surface area (TPSA) is 101 Å². The first-order valence-corrected chi connectivity index (χ1v) is 13.0. The van der Waals surface area contributed by atoms with E-state index in [1.807, 2.05) is 37.3 Å². The second-order valence-corrected chi connectivity index (χ2v) is 9.92. The SMILES string of the molecule is COc1cccc(C(=O)N2CCC3(CC2)OC[C@@H](C(=O)NCc2ccncc2)N3C(=O)c2cccc(C)c2)c1. The van der Waals surface area contributed by atoms with Crippen LogP contribution in [-0.4, -0.2) is 71.1 Å². The van der Waals surface area contributed by atoms with Gasteiger partial charge in [0.15, 0.2) is 0 Å². The summed E-state index contributed by atoms with van der Waals surface area (Å²) in [5, 5.41) is 2.95. The first kappa shape index (κ1) is 26.4. The minimum atomic E-state index is -0.981. The van der Waals surface area contributed by atoms with Gasteiger partial charge < -0.3 is 19.7 Å². The van der Waals surface area contributed by atoms with Crippen molar-refractivity contribution in [1.29, 1.82) is 0 Å². The molecule has 1 N–H and O–H groups in total. The van der Waals surface area contributed by atoms with E-state index in [-0.39, 0.29) is 24.3 Å². The summed E-state index contributed by atoms with van der Waals surface area (Å²) in [5.41, 5.74) is 1.92. The highest BCUT2D eigenvalue weighted by molar-refractivity contribution is 5.99. The van der Waals surface area contributed by atoms with Gasteiger partial charge in [0.2, 0.25) is 5.91 Å². The third-order valence-electron chi connectivity index (χ3n) is 7.41. The number of carbonyl (C=O) groups is 3. The van der Waals surface area contributed by atoms with Gasteiger partial charge in [-0.2, -0.15) is 0 Å². The quantitative estimate of drug-likeness (QED) is 0.528. The number of likely N-dealkylation sites (tertiary alicyclic amines) is 1. The monoisotopic (exact) mass is 528 g/mol. The molecule has 5 rings (SSSR count). The Bertz CT molecular complexity index is 1350. The number of rotatable bonds is 6. The lowest BCUT2D eigenvalue weighted by atomic mass is 9.95. The van der Waals surface area contributed by atoms with Crippen LogP contribution in [0.15, 0.2) is 73.1 Å². The average Bonchev–Trinajstić information content (AvgIpc) is 3.34. The maximum absolute atomic E-state index is 13.9. The summed E-state index contributed by atoms with van der Waals surface area (Å²) in [6.45, 7) is 3.11. The lowest BCUT2D eigenvalue weighted by molar-refractivity contribution is -0.128. The fraction of sp³-hybridized carbons (Fsp3) is 0.333. The number of carbonyl (C=O) groups excluding carboxylic acids is 3. The number of hydrogen-bond acceptors (Lipinski definition) is 6. The Balaban J connectivity index is 1.36. The summed E-state index contributed by atoms with van der Waals surface area (Å²) in [4.78, 5) is 47.9. The number of piperidine rings is 1. The summed E-state index contributed by atoms with van der Waals surface area (Å²) >= 11 is 0. The molecule has 0 unspecified atom stereocenters. The number of aryl methyl sites for hydroxylation is 1. The molecule has 9 heteroatoms. The van der Waals surface area contributed by atoms with Crippen molar-refractivity contribution in [2.45, 2.75) is 38.1 Å². The fourth-order valence-electron chi connectivity index (χ4n) is 5.29. The molecule has 202 valence electrons. The first-order valence-electron chi connectivity index (χ1n) is 13.0. The van der Waals surface area contributed by atoms with Crippen molar-refractivity contribution in [1.82, 2.24) is 20.1 Å². The largest absolute Gasteiger partial charge is 0.497 e. The molecule has 0 saturated carbocycles. The number of hydrogen-bond donors (Lipinski definition) is 1.